The minimum absolute atomic E-state index is 0.0341. The first-order chi connectivity index (χ1) is 13.7. The van der Waals surface area contributed by atoms with Gasteiger partial charge >= 0.3 is 6.18 Å². The highest BCUT2D eigenvalue weighted by molar-refractivity contribution is 6.35. The average molecular weight is 426 g/mol. The van der Waals surface area contributed by atoms with Crippen LogP contribution in [0.3, 0.4) is 0 Å². The van der Waals surface area contributed by atoms with Crippen LogP contribution in [-0.2, 0) is 15.8 Å². The summed E-state index contributed by atoms with van der Waals surface area (Å²) in [7, 11) is 0. The Morgan fingerprint density at radius 1 is 1.14 bits per heavy atom. The van der Waals surface area contributed by atoms with Crippen molar-refractivity contribution in [3.63, 3.8) is 0 Å². The Labute approximate surface area is 168 Å². The molecule has 2 fully saturated rings. The second-order valence-corrected chi connectivity index (χ2v) is 7.19. The van der Waals surface area contributed by atoms with Crippen LogP contribution in [0.1, 0.15) is 31.2 Å². The lowest BCUT2D eigenvalue weighted by atomic mass is 10.2. The molecule has 1 aromatic carbocycles. The third-order valence-electron chi connectivity index (χ3n) is 4.51. The van der Waals surface area contributed by atoms with Crippen molar-refractivity contribution in [1.29, 1.82) is 0 Å². The second kappa shape index (κ2) is 7.18. The summed E-state index contributed by atoms with van der Waals surface area (Å²) in [5.74, 6) is -1.09. The van der Waals surface area contributed by atoms with Crippen LogP contribution >= 0.6 is 11.6 Å². The van der Waals surface area contributed by atoms with Gasteiger partial charge in [-0.2, -0.15) is 18.2 Å². The van der Waals surface area contributed by atoms with E-state index in [9.17, 15) is 22.8 Å². The number of alkyl halides is 3. The van der Waals surface area contributed by atoms with Crippen LogP contribution < -0.4 is 15.5 Å². The molecule has 1 saturated carbocycles. The third-order valence-corrected chi connectivity index (χ3v) is 4.83. The minimum atomic E-state index is -4.58. The number of nitrogens with zero attached hydrogens (tertiary/aromatic N) is 3. The molecular formula is C18H15ClF3N5O2. The van der Waals surface area contributed by atoms with Crippen molar-refractivity contribution in [3.05, 3.63) is 35.0 Å². The zero-order valence-corrected chi connectivity index (χ0v) is 15.6. The first kappa shape index (κ1) is 19.4. The van der Waals surface area contributed by atoms with Gasteiger partial charge in [0.15, 0.2) is 0 Å². The molecule has 0 atom stereocenters. The van der Waals surface area contributed by atoms with E-state index >= 15 is 0 Å². The SMILES string of the molecule is O=C1CCC(=O)N1c1cc(Nc2ncc(C(F)(F)F)c(NC3CC3)n2)ccc1Cl. The number of amides is 2. The van der Waals surface area contributed by atoms with Gasteiger partial charge in [0, 0.05) is 30.8 Å². The van der Waals surface area contributed by atoms with Gasteiger partial charge in [-0.1, -0.05) is 11.6 Å². The molecular weight excluding hydrogens is 411 g/mol. The molecule has 29 heavy (non-hydrogen) atoms. The van der Waals surface area contributed by atoms with Gasteiger partial charge in [0.05, 0.1) is 10.7 Å². The zero-order valence-electron chi connectivity index (χ0n) is 14.9. The van der Waals surface area contributed by atoms with E-state index in [4.69, 9.17) is 11.6 Å². The lowest BCUT2D eigenvalue weighted by Gasteiger charge is -2.17. The van der Waals surface area contributed by atoms with Gasteiger partial charge in [-0.15, -0.1) is 0 Å². The van der Waals surface area contributed by atoms with Gasteiger partial charge in [0.25, 0.3) is 0 Å². The number of carbonyl (C=O) groups is 2. The number of hydrogen-bond donors (Lipinski definition) is 2. The number of carbonyl (C=O) groups excluding carboxylic acids is 2. The summed E-state index contributed by atoms with van der Waals surface area (Å²) in [5.41, 5.74) is -0.374. The fraction of sp³-hybridized carbons (Fsp3) is 0.333. The molecule has 2 heterocycles. The highest BCUT2D eigenvalue weighted by Gasteiger charge is 2.37. The average Bonchev–Trinajstić information content (AvgIpc) is 3.39. The number of anilines is 4. The first-order valence-electron chi connectivity index (χ1n) is 8.85. The standard InChI is InChI=1S/C18H15ClF3N5O2/c19-12-4-3-10(7-13(12)27-14(28)5-6-15(27)29)25-17-23-8-11(18(20,21)22)16(26-17)24-9-1-2-9/h3-4,7-9H,1-2,5-6H2,(H2,23,24,25,26). The van der Waals surface area contributed by atoms with Crippen LogP contribution in [0.4, 0.5) is 36.3 Å². The monoisotopic (exact) mass is 425 g/mol. The number of benzene rings is 1. The second-order valence-electron chi connectivity index (χ2n) is 6.79. The Kier molecular flexibility index (Phi) is 4.81. The molecule has 1 aliphatic carbocycles. The number of aromatic nitrogens is 2. The van der Waals surface area contributed by atoms with Gasteiger partial charge in [0.2, 0.25) is 17.8 Å². The lowest BCUT2D eigenvalue weighted by Crippen LogP contribution is -2.28. The van der Waals surface area contributed by atoms with E-state index in [-0.39, 0.29) is 53.2 Å². The van der Waals surface area contributed by atoms with Crippen molar-refractivity contribution in [2.24, 2.45) is 0 Å². The lowest BCUT2D eigenvalue weighted by molar-refractivity contribution is -0.137. The minimum Gasteiger partial charge on any atom is -0.367 e. The van der Waals surface area contributed by atoms with Crippen molar-refractivity contribution in [2.75, 3.05) is 15.5 Å². The number of nitrogens with one attached hydrogen (secondary N) is 2. The van der Waals surface area contributed by atoms with Gasteiger partial charge in [-0.05, 0) is 31.0 Å². The summed E-state index contributed by atoms with van der Waals surface area (Å²) >= 11 is 6.13. The molecule has 2 amide bonds. The summed E-state index contributed by atoms with van der Waals surface area (Å²) in [6, 6.07) is 4.45. The van der Waals surface area contributed by atoms with E-state index in [0.29, 0.717) is 11.9 Å². The smallest absolute Gasteiger partial charge is 0.367 e. The number of halogens is 4. The Balaban J connectivity index is 1.63. The molecule has 2 aromatic rings. The maximum absolute atomic E-state index is 13.2. The molecule has 0 bridgehead atoms. The molecule has 0 radical (unpaired) electrons. The number of hydrogen-bond acceptors (Lipinski definition) is 6. The highest BCUT2D eigenvalue weighted by Crippen LogP contribution is 2.37. The summed E-state index contributed by atoms with van der Waals surface area (Å²) in [6.45, 7) is 0. The number of rotatable bonds is 5. The number of imide groups is 1. The Morgan fingerprint density at radius 3 is 2.45 bits per heavy atom. The summed E-state index contributed by atoms with van der Waals surface area (Å²) in [5, 5.41) is 5.76. The van der Waals surface area contributed by atoms with Gasteiger partial charge in [-0.25, -0.2) is 9.88 Å². The van der Waals surface area contributed by atoms with Crippen molar-refractivity contribution >= 4 is 46.6 Å². The van der Waals surface area contributed by atoms with Crippen LogP contribution in [-0.4, -0.2) is 27.8 Å². The maximum atomic E-state index is 13.2. The fourth-order valence-electron chi connectivity index (χ4n) is 2.92. The Morgan fingerprint density at radius 2 is 1.83 bits per heavy atom. The van der Waals surface area contributed by atoms with Gasteiger partial charge in [0.1, 0.15) is 11.4 Å². The first-order valence-corrected chi connectivity index (χ1v) is 9.23. The topological polar surface area (TPSA) is 87.2 Å². The van der Waals surface area contributed by atoms with Crippen LogP contribution in [0, 0.1) is 0 Å². The Hall–Kier alpha value is -2.88. The molecule has 2 aliphatic rings. The molecule has 1 saturated heterocycles. The van der Waals surface area contributed by atoms with Crippen molar-refractivity contribution in [3.8, 4) is 0 Å². The Bertz CT molecular complexity index is 978. The summed E-state index contributed by atoms with van der Waals surface area (Å²) in [4.78, 5) is 32.7. The van der Waals surface area contributed by atoms with E-state index in [0.717, 1.165) is 17.7 Å². The largest absolute Gasteiger partial charge is 0.421 e. The maximum Gasteiger partial charge on any atom is 0.421 e. The van der Waals surface area contributed by atoms with E-state index in [1.807, 2.05) is 0 Å². The van der Waals surface area contributed by atoms with E-state index < -0.39 is 11.7 Å². The van der Waals surface area contributed by atoms with E-state index in [1.54, 1.807) is 6.07 Å². The quantitative estimate of drug-likeness (QED) is 0.701. The predicted molar refractivity (Wildman–Crippen MR) is 100 cm³/mol. The molecule has 7 nitrogen and oxygen atoms in total. The van der Waals surface area contributed by atoms with Crippen LogP contribution in [0.15, 0.2) is 24.4 Å². The van der Waals surface area contributed by atoms with Crippen molar-refractivity contribution < 1.29 is 22.8 Å². The molecule has 0 unspecified atom stereocenters. The molecule has 1 aliphatic heterocycles. The van der Waals surface area contributed by atoms with Crippen molar-refractivity contribution in [2.45, 2.75) is 37.9 Å². The van der Waals surface area contributed by atoms with Crippen LogP contribution in [0.25, 0.3) is 0 Å². The van der Waals surface area contributed by atoms with Crippen LogP contribution in [0.2, 0.25) is 5.02 Å². The zero-order chi connectivity index (χ0) is 20.8. The van der Waals surface area contributed by atoms with E-state index in [1.165, 1.54) is 12.1 Å². The van der Waals surface area contributed by atoms with E-state index in [2.05, 4.69) is 20.6 Å². The summed E-state index contributed by atoms with van der Waals surface area (Å²) < 4.78 is 39.6. The fourth-order valence-corrected chi connectivity index (χ4v) is 3.12. The van der Waals surface area contributed by atoms with Crippen molar-refractivity contribution in [1.82, 2.24) is 9.97 Å². The molecule has 4 rings (SSSR count). The molecule has 1 aromatic heterocycles. The molecule has 0 spiro atoms. The summed E-state index contributed by atoms with van der Waals surface area (Å²) in [6.07, 6.45) is -2.11. The predicted octanol–water partition coefficient (Wildman–Crippen LogP) is 4.12. The van der Waals surface area contributed by atoms with Gasteiger partial charge in [-0.3, -0.25) is 9.59 Å². The van der Waals surface area contributed by atoms with Crippen LogP contribution in [0.5, 0.6) is 0 Å². The molecule has 2 N–H and O–H groups in total. The van der Waals surface area contributed by atoms with Gasteiger partial charge < -0.3 is 10.6 Å². The molecule has 152 valence electrons. The highest BCUT2D eigenvalue weighted by atomic mass is 35.5. The normalized spacial score (nSPS) is 17.0. The third kappa shape index (κ3) is 4.12. The molecule has 11 heteroatoms.